The fraction of sp³-hybridized carbons (Fsp3) is 0.115. The van der Waals surface area contributed by atoms with Gasteiger partial charge in [0, 0.05) is 23.3 Å². The van der Waals surface area contributed by atoms with Crippen LogP contribution in [-0.4, -0.2) is 28.3 Å². The van der Waals surface area contributed by atoms with Crippen LogP contribution < -0.4 is 20.9 Å². The summed E-state index contributed by atoms with van der Waals surface area (Å²) in [4.78, 5) is 38.9. The Hall–Kier alpha value is -4.30. The van der Waals surface area contributed by atoms with Crippen LogP contribution >= 0.6 is 11.6 Å². The Morgan fingerprint density at radius 2 is 1.66 bits per heavy atom. The van der Waals surface area contributed by atoms with Crippen molar-refractivity contribution >= 4 is 34.8 Å². The largest absolute Gasteiger partial charge is 0.496 e. The third kappa shape index (κ3) is 4.83. The highest BCUT2D eigenvalue weighted by molar-refractivity contribution is 6.31. The SMILES string of the molecule is COc1ccc(Cl)cc1C(=O)Nc1cccc(C(=O)Nc2c(C)n(C)n(-c3ccccc3)c2=O)c1. The predicted octanol–water partition coefficient (Wildman–Crippen LogP) is 4.65. The van der Waals surface area contributed by atoms with Crippen molar-refractivity contribution in [1.29, 1.82) is 0 Å². The quantitative estimate of drug-likeness (QED) is 0.411. The van der Waals surface area contributed by atoms with E-state index in [1.165, 1.54) is 23.9 Å². The molecule has 0 radical (unpaired) electrons. The Morgan fingerprint density at radius 3 is 2.37 bits per heavy atom. The number of amides is 2. The lowest BCUT2D eigenvalue weighted by molar-refractivity contribution is 0.101. The number of carbonyl (C=O) groups excluding carboxylic acids is 2. The molecule has 178 valence electrons. The topological polar surface area (TPSA) is 94.4 Å². The Morgan fingerprint density at radius 1 is 0.914 bits per heavy atom. The molecule has 0 atom stereocenters. The number of nitrogens with zero attached hydrogens (tertiary/aromatic N) is 2. The maximum atomic E-state index is 13.1. The molecule has 0 bridgehead atoms. The predicted molar refractivity (Wildman–Crippen MR) is 136 cm³/mol. The summed E-state index contributed by atoms with van der Waals surface area (Å²) in [5, 5.41) is 5.86. The Kier molecular flexibility index (Phi) is 6.75. The van der Waals surface area contributed by atoms with E-state index in [1.54, 1.807) is 49.0 Å². The first-order valence-electron chi connectivity index (χ1n) is 10.7. The standard InChI is InChI=1S/C26H23ClN4O4/c1-16-23(26(34)31(30(16)2)20-10-5-4-6-11-20)29-24(32)17-8-7-9-19(14-17)28-25(33)21-15-18(27)12-13-22(21)35-3/h4-15H,1-3H3,(H,28,33)(H,29,32). The number of ether oxygens (including phenoxy) is 1. The van der Waals surface area contributed by atoms with Crippen molar-refractivity contribution in [3.05, 3.63) is 105 Å². The minimum absolute atomic E-state index is 0.180. The molecule has 4 aromatic rings. The van der Waals surface area contributed by atoms with E-state index in [1.807, 2.05) is 30.3 Å². The average molecular weight is 491 g/mol. The number of rotatable bonds is 6. The summed E-state index contributed by atoms with van der Waals surface area (Å²) in [5.74, 6) is -0.547. The van der Waals surface area contributed by atoms with Gasteiger partial charge in [-0.05, 0) is 55.5 Å². The van der Waals surface area contributed by atoms with Gasteiger partial charge in [-0.1, -0.05) is 35.9 Å². The van der Waals surface area contributed by atoms with E-state index < -0.39 is 11.8 Å². The fourth-order valence-corrected chi connectivity index (χ4v) is 3.86. The molecular weight excluding hydrogens is 468 g/mol. The van der Waals surface area contributed by atoms with E-state index in [-0.39, 0.29) is 22.4 Å². The van der Waals surface area contributed by atoms with Gasteiger partial charge in [-0.2, -0.15) is 0 Å². The number of anilines is 2. The number of halogens is 1. The van der Waals surface area contributed by atoms with Crippen LogP contribution in [-0.2, 0) is 7.05 Å². The van der Waals surface area contributed by atoms with Crippen LogP contribution in [0, 0.1) is 6.92 Å². The zero-order valence-electron chi connectivity index (χ0n) is 19.3. The van der Waals surface area contributed by atoms with Gasteiger partial charge in [-0.15, -0.1) is 0 Å². The summed E-state index contributed by atoms with van der Waals surface area (Å²) >= 11 is 6.02. The summed E-state index contributed by atoms with van der Waals surface area (Å²) in [5.41, 5.74) is 2.05. The van der Waals surface area contributed by atoms with Gasteiger partial charge >= 0.3 is 0 Å². The monoisotopic (exact) mass is 490 g/mol. The van der Waals surface area contributed by atoms with Crippen molar-refractivity contribution in [3.8, 4) is 11.4 Å². The van der Waals surface area contributed by atoms with Crippen molar-refractivity contribution in [1.82, 2.24) is 9.36 Å². The minimum Gasteiger partial charge on any atom is -0.496 e. The number of aromatic nitrogens is 2. The van der Waals surface area contributed by atoms with Crippen LogP contribution in [0.5, 0.6) is 5.75 Å². The Balaban J connectivity index is 1.57. The lowest BCUT2D eigenvalue weighted by Crippen LogP contribution is -2.23. The summed E-state index contributed by atoms with van der Waals surface area (Å²) in [7, 11) is 3.21. The van der Waals surface area contributed by atoms with E-state index in [0.717, 1.165) is 0 Å². The highest BCUT2D eigenvalue weighted by Gasteiger charge is 2.19. The number of nitrogens with one attached hydrogen (secondary N) is 2. The van der Waals surface area contributed by atoms with Gasteiger partial charge in [0.05, 0.1) is 24.1 Å². The zero-order chi connectivity index (χ0) is 25.1. The highest BCUT2D eigenvalue weighted by atomic mass is 35.5. The fourth-order valence-electron chi connectivity index (χ4n) is 3.69. The maximum absolute atomic E-state index is 13.1. The maximum Gasteiger partial charge on any atom is 0.295 e. The first-order chi connectivity index (χ1) is 16.8. The second-order valence-electron chi connectivity index (χ2n) is 7.77. The molecule has 0 spiro atoms. The molecule has 0 unspecified atom stereocenters. The van der Waals surface area contributed by atoms with Crippen LogP contribution in [0.25, 0.3) is 5.69 Å². The van der Waals surface area contributed by atoms with Crippen LogP contribution in [0.3, 0.4) is 0 Å². The van der Waals surface area contributed by atoms with Crippen molar-refractivity contribution in [3.63, 3.8) is 0 Å². The lowest BCUT2D eigenvalue weighted by Gasteiger charge is -2.11. The molecule has 1 aromatic heterocycles. The molecule has 0 fully saturated rings. The molecule has 0 aliphatic carbocycles. The van der Waals surface area contributed by atoms with Gasteiger partial charge in [0.25, 0.3) is 17.4 Å². The molecule has 35 heavy (non-hydrogen) atoms. The number of benzene rings is 3. The Labute approximate surface area is 206 Å². The highest BCUT2D eigenvalue weighted by Crippen LogP contribution is 2.24. The molecule has 0 aliphatic rings. The van der Waals surface area contributed by atoms with Crippen molar-refractivity contribution in [2.45, 2.75) is 6.92 Å². The molecule has 4 rings (SSSR count). The molecule has 0 aliphatic heterocycles. The first kappa shape index (κ1) is 23.8. The van der Waals surface area contributed by atoms with Crippen molar-refractivity contribution in [2.75, 3.05) is 17.7 Å². The van der Waals surface area contributed by atoms with Gasteiger partial charge in [0.1, 0.15) is 11.4 Å². The lowest BCUT2D eigenvalue weighted by atomic mass is 10.1. The number of hydrogen-bond donors (Lipinski definition) is 2. The van der Waals surface area contributed by atoms with E-state index in [0.29, 0.717) is 27.8 Å². The van der Waals surface area contributed by atoms with Crippen LogP contribution in [0.15, 0.2) is 77.6 Å². The molecule has 2 amide bonds. The van der Waals surface area contributed by atoms with E-state index >= 15 is 0 Å². The number of methoxy groups -OCH3 is 1. The molecule has 9 heteroatoms. The smallest absolute Gasteiger partial charge is 0.295 e. The number of carbonyl (C=O) groups is 2. The van der Waals surface area contributed by atoms with E-state index in [9.17, 15) is 14.4 Å². The minimum atomic E-state index is -0.479. The molecule has 0 saturated heterocycles. The van der Waals surface area contributed by atoms with Gasteiger partial charge in [0.2, 0.25) is 0 Å². The second-order valence-corrected chi connectivity index (χ2v) is 8.21. The third-order valence-corrected chi connectivity index (χ3v) is 5.82. The first-order valence-corrected chi connectivity index (χ1v) is 11.1. The number of para-hydroxylation sites is 1. The average Bonchev–Trinajstić information content (AvgIpc) is 3.07. The normalized spacial score (nSPS) is 10.6. The molecule has 8 nitrogen and oxygen atoms in total. The summed E-state index contributed by atoms with van der Waals surface area (Å²) in [6, 6.07) is 20.3. The van der Waals surface area contributed by atoms with E-state index in [4.69, 9.17) is 16.3 Å². The van der Waals surface area contributed by atoms with Crippen LogP contribution in [0.1, 0.15) is 26.4 Å². The summed E-state index contributed by atoms with van der Waals surface area (Å²) in [6.07, 6.45) is 0. The third-order valence-electron chi connectivity index (χ3n) is 5.58. The zero-order valence-corrected chi connectivity index (χ0v) is 20.1. The second kappa shape index (κ2) is 9.90. The summed E-state index contributed by atoms with van der Waals surface area (Å²) < 4.78 is 8.41. The van der Waals surface area contributed by atoms with Gasteiger partial charge < -0.3 is 15.4 Å². The van der Waals surface area contributed by atoms with Gasteiger partial charge in [-0.25, -0.2) is 4.68 Å². The van der Waals surface area contributed by atoms with Crippen molar-refractivity contribution in [2.24, 2.45) is 7.05 Å². The van der Waals surface area contributed by atoms with Crippen LogP contribution in [0.2, 0.25) is 5.02 Å². The molecule has 2 N–H and O–H groups in total. The van der Waals surface area contributed by atoms with Gasteiger partial charge in [0.15, 0.2) is 0 Å². The molecule has 1 heterocycles. The molecule has 3 aromatic carbocycles. The van der Waals surface area contributed by atoms with Gasteiger partial charge in [-0.3, -0.25) is 19.1 Å². The Bertz CT molecular complexity index is 1470. The van der Waals surface area contributed by atoms with Crippen molar-refractivity contribution < 1.29 is 14.3 Å². The molecular formula is C26H23ClN4O4. The number of hydrogen-bond acceptors (Lipinski definition) is 4. The van der Waals surface area contributed by atoms with E-state index in [2.05, 4.69) is 10.6 Å². The summed E-state index contributed by atoms with van der Waals surface area (Å²) in [6.45, 7) is 1.76. The van der Waals surface area contributed by atoms with Crippen LogP contribution in [0.4, 0.5) is 11.4 Å². The molecule has 0 saturated carbocycles.